The van der Waals surface area contributed by atoms with E-state index in [4.69, 9.17) is 21.1 Å². The van der Waals surface area contributed by atoms with Crippen molar-refractivity contribution in [1.29, 1.82) is 5.26 Å². The Morgan fingerprint density at radius 2 is 1.64 bits per heavy atom. The van der Waals surface area contributed by atoms with Crippen LogP contribution >= 0.6 is 22.9 Å². The summed E-state index contributed by atoms with van der Waals surface area (Å²) in [5, 5.41) is 29.2. The Morgan fingerprint density at radius 3 is 2.29 bits per heavy atom. The number of likely N-dealkylation sites (tertiary alicyclic amines) is 1. The van der Waals surface area contributed by atoms with Crippen molar-refractivity contribution < 1.29 is 33.8 Å². The lowest BCUT2D eigenvalue weighted by molar-refractivity contribution is -0.164. The molecule has 3 aromatic carbocycles. The molecule has 0 spiro atoms. The average molecular weight is 980 g/mol. The van der Waals surface area contributed by atoms with Gasteiger partial charge in [-0.25, -0.2) is 4.98 Å². The average Bonchev–Trinajstić information content (AvgIpc) is 3.90. The molecule has 3 aliphatic rings. The number of unbranched alkanes of at least 4 members (excludes halogenated alkanes) is 3. The second-order valence-electron chi connectivity index (χ2n) is 21.2. The van der Waals surface area contributed by atoms with Gasteiger partial charge in [-0.05, 0) is 78.5 Å². The summed E-state index contributed by atoms with van der Waals surface area (Å²) in [5.74, 6) is -0.177. The van der Waals surface area contributed by atoms with Gasteiger partial charge in [-0.1, -0.05) is 109 Å². The number of nitrogens with zero attached hydrogens (tertiary/aromatic N) is 3. The van der Waals surface area contributed by atoms with Gasteiger partial charge in [0.15, 0.2) is 0 Å². The molecule has 2 aliphatic carbocycles. The Hall–Kier alpha value is -5.33. The highest BCUT2D eigenvalue weighted by atomic mass is 35.5. The molecule has 0 unspecified atom stereocenters. The number of benzene rings is 3. The zero-order valence-corrected chi connectivity index (χ0v) is 42.5. The SMILES string of the molecule is CC1(C)C(NC(=O)c2ccc(CCCCCCOCC(=O)N[C@H](C(=O)N3C[C@H](O)C[C@H]3C(=O)NCc3ccc(-c4scnc4C4CC4)cc3)C(C)(C)C)cc2)C(C)(C)C1Oc1ccc(C#N)c(Cl)c1. The molecule has 0 bridgehead atoms. The summed E-state index contributed by atoms with van der Waals surface area (Å²) in [5.41, 5.74) is 5.82. The van der Waals surface area contributed by atoms with E-state index in [1.165, 1.54) is 28.3 Å². The van der Waals surface area contributed by atoms with Crippen LogP contribution in [-0.2, 0) is 32.1 Å². The van der Waals surface area contributed by atoms with Crippen molar-refractivity contribution >= 4 is 46.6 Å². The molecule has 0 radical (unpaired) electrons. The van der Waals surface area contributed by atoms with Crippen molar-refractivity contribution in [2.24, 2.45) is 16.2 Å². The number of carbonyl (C=O) groups excluding carboxylic acids is 4. The Labute approximate surface area is 415 Å². The van der Waals surface area contributed by atoms with E-state index in [-0.39, 0.29) is 60.9 Å². The minimum atomic E-state index is -0.935. The first-order valence-corrected chi connectivity index (χ1v) is 25.5. The zero-order chi connectivity index (χ0) is 49.7. The molecule has 4 N–H and O–H groups in total. The van der Waals surface area contributed by atoms with Crippen LogP contribution in [0.3, 0.4) is 0 Å². The van der Waals surface area contributed by atoms with Crippen LogP contribution < -0.4 is 20.7 Å². The number of aryl methyl sites for hydroxylation is 1. The number of aliphatic hydroxyl groups is 1. The fraction of sp³-hybridized carbons (Fsp3) is 0.519. The summed E-state index contributed by atoms with van der Waals surface area (Å²) in [6.45, 7) is 14.4. The molecule has 1 aliphatic heterocycles. The first kappa shape index (κ1) is 51.5. The van der Waals surface area contributed by atoms with Crippen LogP contribution in [-0.4, -0.2) is 88.7 Å². The molecular weight excluding hydrogens is 912 g/mol. The summed E-state index contributed by atoms with van der Waals surface area (Å²) < 4.78 is 12.1. The second kappa shape index (κ2) is 21.8. The molecule has 3 fully saturated rings. The number of amides is 4. The molecular formula is C54H67ClN6O7S. The number of aliphatic hydroxyl groups excluding tert-OH is 1. The van der Waals surface area contributed by atoms with E-state index >= 15 is 0 Å². The van der Waals surface area contributed by atoms with Crippen LogP contribution in [0.4, 0.5) is 0 Å². The number of β-amino-alcohol motifs (C(OH)–C–C–N with tert-alkyl or cyclic N) is 1. The van der Waals surface area contributed by atoms with Crippen molar-refractivity contribution in [3.63, 3.8) is 0 Å². The quantitative estimate of drug-likeness (QED) is 0.0630. The molecule has 1 saturated heterocycles. The number of aromatic nitrogens is 1. The molecule has 7 rings (SSSR count). The van der Waals surface area contributed by atoms with Crippen molar-refractivity contribution in [3.8, 4) is 22.3 Å². The van der Waals surface area contributed by atoms with Crippen LogP contribution in [0.15, 0.2) is 72.2 Å². The zero-order valence-electron chi connectivity index (χ0n) is 40.9. The summed E-state index contributed by atoms with van der Waals surface area (Å²) >= 11 is 7.89. The Kier molecular flexibility index (Phi) is 16.2. The molecule has 13 nitrogen and oxygen atoms in total. The third kappa shape index (κ3) is 12.3. The summed E-state index contributed by atoms with van der Waals surface area (Å²) in [6, 6.07) is 21.0. The highest BCUT2D eigenvalue weighted by molar-refractivity contribution is 7.13. The molecule has 368 valence electrons. The molecule has 3 atom stereocenters. The van der Waals surface area contributed by atoms with Crippen LogP contribution in [0.5, 0.6) is 5.75 Å². The number of thiazole rings is 1. The maximum atomic E-state index is 14.0. The first-order valence-electron chi connectivity index (χ1n) is 24.2. The van der Waals surface area contributed by atoms with E-state index < -0.39 is 35.4 Å². The predicted octanol–water partition coefficient (Wildman–Crippen LogP) is 8.75. The van der Waals surface area contributed by atoms with Crippen LogP contribution in [0.25, 0.3) is 10.4 Å². The third-order valence-electron chi connectivity index (χ3n) is 13.9. The normalized spacial score (nSPS) is 20.8. The van der Waals surface area contributed by atoms with E-state index in [2.05, 4.69) is 54.7 Å². The topological polar surface area (TPSA) is 183 Å². The van der Waals surface area contributed by atoms with Crippen LogP contribution in [0.2, 0.25) is 5.02 Å². The van der Waals surface area contributed by atoms with Gasteiger partial charge < -0.3 is 35.4 Å². The van der Waals surface area contributed by atoms with Crippen molar-refractivity contribution in [2.45, 2.75) is 143 Å². The minimum absolute atomic E-state index is 0.00114. The lowest BCUT2D eigenvalue weighted by Crippen LogP contribution is -2.74. The van der Waals surface area contributed by atoms with Crippen molar-refractivity contribution in [1.82, 2.24) is 25.8 Å². The number of nitriles is 1. The Balaban J connectivity index is 0.789. The van der Waals surface area contributed by atoms with E-state index in [0.29, 0.717) is 34.4 Å². The van der Waals surface area contributed by atoms with Gasteiger partial charge in [0.05, 0.1) is 32.8 Å². The van der Waals surface area contributed by atoms with Crippen molar-refractivity contribution in [2.75, 3.05) is 19.8 Å². The highest BCUT2D eigenvalue weighted by Crippen LogP contribution is 2.55. The first-order chi connectivity index (χ1) is 32.8. The number of hydrogen-bond donors (Lipinski definition) is 4. The van der Waals surface area contributed by atoms with Gasteiger partial charge in [-0.3, -0.25) is 19.2 Å². The molecule has 2 heterocycles. The molecule has 2 saturated carbocycles. The predicted molar refractivity (Wildman–Crippen MR) is 268 cm³/mol. The number of ether oxygens (including phenoxy) is 2. The maximum Gasteiger partial charge on any atom is 0.251 e. The molecule has 69 heavy (non-hydrogen) atoms. The van der Waals surface area contributed by atoms with Gasteiger partial charge >= 0.3 is 0 Å². The number of hydrogen-bond acceptors (Lipinski definition) is 10. The smallest absolute Gasteiger partial charge is 0.251 e. The summed E-state index contributed by atoms with van der Waals surface area (Å²) in [4.78, 5) is 61.2. The fourth-order valence-corrected chi connectivity index (χ4v) is 11.3. The Morgan fingerprint density at radius 1 is 0.957 bits per heavy atom. The van der Waals surface area contributed by atoms with Crippen molar-refractivity contribution in [3.05, 3.63) is 105 Å². The van der Waals surface area contributed by atoms with E-state index in [9.17, 15) is 29.5 Å². The monoisotopic (exact) mass is 978 g/mol. The molecule has 4 amide bonds. The van der Waals surface area contributed by atoms with Crippen LogP contribution in [0.1, 0.15) is 132 Å². The highest BCUT2D eigenvalue weighted by Gasteiger charge is 2.64. The summed E-state index contributed by atoms with van der Waals surface area (Å²) in [6.07, 6.45) is 5.92. The molecule has 15 heteroatoms. The third-order valence-corrected chi connectivity index (χ3v) is 15.1. The largest absolute Gasteiger partial charge is 0.489 e. The van der Waals surface area contributed by atoms with Gasteiger partial charge in [-0.2, -0.15) is 5.26 Å². The summed E-state index contributed by atoms with van der Waals surface area (Å²) in [7, 11) is 0. The standard InChI is InChI=1S/C54H67ClN6O7S/c1-52(2,3)46(49(66)61-30-39(62)26-42(61)48(65)57-29-34-15-17-36(18-16-34)45-44(35-21-22-35)58-32-69-45)59-43(63)31-67-25-11-9-8-10-12-33-13-19-37(20-14-33)47(64)60-50-53(4,5)51(54(50,6)7)68-40-24-23-38(28-56)41(55)27-40/h13-20,23-24,27,32,35,39,42,46,50-51,62H,8-12,21-22,25-26,29-31H2,1-7H3,(H,57,65)(H,59,63)(H,60,64)/t39-,42+,46-,50?,51?/m1/s1. The van der Waals surface area contributed by atoms with Gasteiger partial charge in [0.1, 0.15) is 36.6 Å². The van der Waals surface area contributed by atoms with Gasteiger partial charge in [0.25, 0.3) is 5.91 Å². The lowest BCUT2D eigenvalue weighted by Gasteiger charge is -2.63. The number of nitrogens with one attached hydrogen (secondary N) is 3. The fourth-order valence-electron chi connectivity index (χ4n) is 10.2. The van der Waals surface area contributed by atoms with Gasteiger partial charge in [0.2, 0.25) is 17.7 Å². The van der Waals surface area contributed by atoms with E-state index in [1.807, 2.05) is 74.8 Å². The van der Waals surface area contributed by atoms with E-state index in [1.54, 1.807) is 29.5 Å². The van der Waals surface area contributed by atoms with Crippen LogP contribution in [0, 0.1) is 27.6 Å². The number of halogens is 1. The lowest BCUT2D eigenvalue weighted by atomic mass is 9.49. The van der Waals surface area contributed by atoms with Gasteiger partial charge in [0, 0.05) is 60.5 Å². The maximum absolute atomic E-state index is 14.0. The second-order valence-corrected chi connectivity index (χ2v) is 22.5. The number of carbonyl (C=O) groups is 4. The van der Waals surface area contributed by atoms with Gasteiger partial charge in [-0.15, -0.1) is 11.3 Å². The number of rotatable bonds is 20. The molecule has 4 aromatic rings. The van der Waals surface area contributed by atoms with E-state index in [0.717, 1.165) is 48.8 Å². The minimum Gasteiger partial charge on any atom is -0.489 e. The molecule has 1 aromatic heterocycles. The Bertz CT molecular complexity index is 2490.